The van der Waals surface area contributed by atoms with Gasteiger partial charge in [0.05, 0.1) is 10.7 Å². The van der Waals surface area contributed by atoms with Gasteiger partial charge in [-0.2, -0.15) is 0 Å². The summed E-state index contributed by atoms with van der Waals surface area (Å²) in [5.41, 5.74) is 0. The van der Waals surface area contributed by atoms with Gasteiger partial charge in [-0.1, -0.05) is 11.6 Å². The Labute approximate surface area is 152 Å². The van der Waals surface area contributed by atoms with E-state index in [0.717, 1.165) is 0 Å². The maximum atomic E-state index is 12.0. The first-order valence-corrected chi connectivity index (χ1v) is 8.35. The second-order valence-electron chi connectivity index (χ2n) is 4.86. The minimum Gasteiger partial charge on any atom is -0.480 e. The summed E-state index contributed by atoms with van der Waals surface area (Å²) < 4.78 is 11.2. The molecule has 24 heavy (non-hydrogen) atoms. The van der Waals surface area contributed by atoms with Crippen LogP contribution < -0.4 is 15.4 Å². The lowest BCUT2D eigenvalue weighted by molar-refractivity contribution is -0.127. The molecule has 8 heteroatoms. The topological polar surface area (TPSA) is 80.6 Å². The average molecular weight is 416 g/mol. The van der Waals surface area contributed by atoms with E-state index in [1.165, 1.54) is 6.26 Å². The van der Waals surface area contributed by atoms with Gasteiger partial charge in [0.2, 0.25) is 0 Å². The summed E-state index contributed by atoms with van der Waals surface area (Å²) in [6.07, 6.45) is 0.730. The molecule has 0 saturated heterocycles. The summed E-state index contributed by atoms with van der Waals surface area (Å²) in [5.74, 6) is 0.131. The summed E-state index contributed by atoms with van der Waals surface area (Å²) in [6, 6.07) is 8.24. The van der Waals surface area contributed by atoms with Crippen molar-refractivity contribution in [3.63, 3.8) is 0 Å². The van der Waals surface area contributed by atoms with Crippen molar-refractivity contribution in [2.45, 2.75) is 13.0 Å². The predicted molar refractivity (Wildman–Crippen MR) is 93.3 cm³/mol. The van der Waals surface area contributed by atoms with E-state index in [1.807, 2.05) is 0 Å². The molecule has 2 N–H and O–H groups in total. The van der Waals surface area contributed by atoms with Crippen LogP contribution in [0.4, 0.5) is 0 Å². The van der Waals surface area contributed by atoms with Crippen LogP contribution in [-0.4, -0.2) is 31.0 Å². The number of benzene rings is 1. The van der Waals surface area contributed by atoms with Gasteiger partial charge in [-0.15, -0.1) is 0 Å². The number of halogens is 2. The van der Waals surface area contributed by atoms with E-state index in [-0.39, 0.29) is 30.7 Å². The maximum absolute atomic E-state index is 12.0. The van der Waals surface area contributed by atoms with Crippen molar-refractivity contribution in [2.75, 3.05) is 13.1 Å². The van der Waals surface area contributed by atoms with Crippen LogP contribution in [0, 0.1) is 0 Å². The van der Waals surface area contributed by atoms with Crippen LogP contribution in [0.25, 0.3) is 0 Å². The Morgan fingerprint density at radius 1 is 1.29 bits per heavy atom. The van der Waals surface area contributed by atoms with E-state index >= 15 is 0 Å². The average Bonchev–Trinajstić information content (AvgIpc) is 3.08. The van der Waals surface area contributed by atoms with Crippen molar-refractivity contribution in [1.29, 1.82) is 0 Å². The number of carbonyl (C=O) groups is 2. The fourth-order valence-electron chi connectivity index (χ4n) is 1.82. The van der Waals surface area contributed by atoms with Gasteiger partial charge in [-0.3, -0.25) is 9.59 Å². The Morgan fingerprint density at radius 3 is 2.71 bits per heavy atom. The molecule has 0 bridgehead atoms. The summed E-state index contributed by atoms with van der Waals surface area (Å²) in [7, 11) is 0. The zero-order valence-corrected chi connectivity index (χ0v) is 15.2. The summed E-state index contributed by atoms with van der Waals surface area (Å²) in [5, 5.41) is 5.89. The number of furan rings is 1. The number of carbonyl (C=O) groups excluding carboxylic acids is 2. The molecule has 1 atom stereocenters. The van der Waals surface area contributed by atoms with Gasteiger partial charge < -0.3 is 19.8 Å². The highest BCUT2D eigenvalue weighted by molar-refractivity contribution is 9.10. The zero-order chi connectivity index (χ0) is 17.5. The molecule has 1 unspecified atom stereocenters. The number of hydrogen-bond donors (Lipinski definition) is 2. The third kappa shape index (κ3) is 5.28. The first-order valence-electron chi connectivity index (χ1n) is 7.18. The molecule has 6 nitrogen and oxygen atoms in total. The van der Waals surface area contributed by atoms with E-state index in [1.54, 1.807) is 37.3 Å². The maximum Gasteiger partial charge on any atom is 0.287 e. The van der Waals surface area contributed by atoms with Gasteiger partial charge >= 0.3 is 0 Å². The number of nitrogens with one attached hydrogen (secondary N) is 2. The highest BCUT2D eigenvalue weighted by Gasteiger charge is 2.16. The van der Waals surface area contributed by atoms with E-state index in [9.17, 15) is 9.59 Å². The Balaban J connectivity index is 1.72. The zero-order valence-electron chi connectivity index (χ0n) is 12.8. The van der Waals surface area contributed by atoms with Crippen molar-refractivity contribution < 1.29 is 18.7 Å². The SMILES string of the molecule is CC(Oc1ccc(Cl)cc1Br)C(=O)NCCNC(=O)c1ccco1. The van der Waals surface area contributed by atoms with Gasteiger partial charge in [0.15, 0.2) is 11.9 Å². The van der Waals surface area contributed by atoms with Gasteiger partial charge in [0.25, 0.3) is 11.8 Å². The predicted octanol–water partition coefficient (Wildman–Crippen LogP) is 3.01. The smallest absolute Gasteiger partial charge is 0.287 e. The lowest BCUT2D eigenvalue weighted by Gasteiger charge is -2.16. The lowest BCUT2D eigenvalue weighted by atomic mass is 10.3. The van der Waals surface area contributed by atoms with Gasteiger partial charge in [-0.05, 0) is 53.2 Å². The highest BCUT2D eigenvalue weighted by atomic mass is 79.9. The van der Waals surface area contributed by atoms with Crippen molar-refractivity contribution in [3.05, 3.63) is 51.9 Å². The second-order valence-corrected chi connectivity index (χ2v) is 6.15. The number of rotatable bonds is 7. The molecule has 0 radical (unpaired) electrons. The standard InChI is InChI=1S/C16H16BrClN2O4/c1-10(24-13-5-4-11(18)9-12(13)17)15(21)19-6-7-20-16(22)14-3-2-8-23-14/h2-5,8-10H,6-7H2,1H3,(H,19,21)(H,20,22). The Kier molecular flexibility index (Phi) is 6.69. The molecule has 0 aliphatic carbocycles. The van der Waals surface area contributed by atoms with Crippen molar-refractivity contribution >= 4 is 39.3 Å². The molecule has 0 aliphatic heterocycles. The third-order valence-corrected chi connectivity index (χ3v) is 3.88. The van der Waals surface area contributed by atoms with Crippen LogP contribution in [0.5, 0.6) is 5.75 Å². The molecular formula is C16H16BrClN2O4. The van der Waals surface area contributed by atoms with Crippen LogP contribution in [0.15, 0.2) is 45.5 Å². The van der Waals surface area contributed by atoms with E-state index in [4.69, 9.17) is 20.8 Å². The molecule has 1 aromatic carbocycles. The molecule has 0 saturated carbocycles. The fraction of sp³-hybridized carbons (Fsp3) is 0.250. The van der Waals surface area contributed by atoms with Crippen LogP contribution in [0.1, 0.15) is 17.5 Å². The first kappa shape index (κ1) is 18.4. The Morgan fingerprint density at radius 2 is 2.04 bits per heavy atom. The molecule has 0 spiro atoms. The molecule has 1 aromatic heterocycles. The van der Waals surface area contributed by atoms with Crippen LogP contribution in [0.2, 0.25) is 5.02 Å². The summed E-state index contributed by atoms with van der Waals surface area (Å²) >= 11 is 9.18. The number of hydrogen-bond acceptors (Lipinski definition) is 4. The van der Waals surface area contributed by atoms with Crippen LogP contribution in [-0.2, 0) is 4.79 Å². The normalized spacial score (nSPS) is 11.6. The number of amides is 2. The summed E-state index contributed by atoms with van der Waals surface area (Å²) in [4.78, 5) is 23.6. The lowest BCUT2D eigenvalue weighted by Crippen LogP contribution is -2.40. The molecule has 128 valence electrons. The highest BCUT2D eigenvalue weighted by Crippen LogP contribution is 2.28. The van der Waals surface area contributed by atoms with Crippen molar-refractivity contribution in [1.82, 2.24) is 10.6 Å². The molecule has 0 aliphatic rings. The molecule has 2 aromatic rings. The van der Waals surface area contributed by atoms with Crippen LogP contribution >= 0.6 is 27.5 Å². The van der Waals surface area contributed by atoms with Crippen LogP contribution in [0.3, 0.4) is 0 Å². The van der Waals surface area contributed by atoms with Crippen molar-refractivity contribution in [3.8, 4) is 5.75 Å². The Hall–Kier alpha value is -1.99. The third-order valence-electron chi connectivity index (χ3n) is 3.02. The molecule has 2 amide bonds. The molecule has 1 heterocycles. The number of ether oxygens (including phenoxy) is 1. The largest absolute Gasteiger partial charge is 0.480 e. The van der Waals surface area contributed by atoms with E-state index < -0.39 is 6.10 Å². The van der Waals surface area contributed by atoms with Crippen molar-refractivity contribution in [2.24, 2.45) is 0 Å². The Bertz CT molecular complexity index is 706. The molecule has 0 fully saturated rings. The van der Waals surface area contributed by atoms with Gasteiger partial charge in [0.1, 0.15) is 5.75 Å². The van der Waals surface area contributed by atoms with E-state index in [2.05, 4.69) is 26.6 Å². The molecular weight excluding hydrogens is 400 g/mol. The first-order chi connectivity index (χ1) is 11.5. The van der Waals surface area contributed by atoms with E-state index in [0.29, 0.717) is 15.2 Å². The van der Waals surface area contributed by atoms with Gasteiger partial charge in [-0.25, -0.2) is 0 Å². The van der Waals surface area contributed by atoms with Gasteiger partial charge in [0, 0.05) is 18.1 Å². The quantitative estimate of drug-likeness (QED) is 0.681. The monoisotopic (exact) mass is 414 g/mol. The second kappa shape index (κ2) is 8.75. The molecule has 2 rings (SSSR count). The minimum absolute atomic E-state index is 0.227. The minimum atomic E-state index is -0.691. The fourth-order valence-corrected chi connectivity index (χ4v) is 2.59. The summed E-state index contributed by atoms with van der Waals surface area (Å²) in [6.45, 7) is 2.20.